The summed E-state index contributed by atoms with van der Waals surface area (Å²) in [5, 5.41) is 11.5. The van der Waals surface area contributed by atoms with Crippen LogP contribution in [-0.2, 0) is 16.1 Å². The quantitative estimate of drug-likeness (QED) is 0.216. The number of fused-ring (bicyclic) bond motifs is 1. The molecule has 5 rings (SSSR count). The Morgan fingerprint density at radius 1 is 0.975 bits per heavy atom. The maximum Gasteiger partial charge on any atom is 0.295 e. The van der Waals surface area contributed by atoms with E-state index in [-0.39, 0.29) is 17.9 Å². The number of nitrogens with zero attached hydrogens (tertiary/aromatic N) is 1. The molecule has 0 saturated carbocycles. The van der Waals surface area contributed by atoms with Crippen molar-refractivity contribution in [2.45, 2.75) is 32.9 Å². The Hall–Kier alpha value is -4.46. The maximum absolute atomic E-state index is 13.5. The van der Waals surface area contributed by atoms with Crippen LogP contribution >= 0.6 is 0 Å². The lowest BCUT2D eigenvalue weighted by molar-refractivity contribution is -0.140. The highest BCUT2D eigenvalue weighted by Gasteiger charge is 2.46. The average Bonchev–Trinajstić information content (AvgIpc) is 3.22. The van der Waals surface area contributed by atoms with Crippen molar-refractivity contribution in [3.05, 3.63) is 89.0 Å². The van der Waals surface area contributed by atoms with Crippen LogP contribution in [0.1, 0.15) is 43.0 Å². The van der Waals surface area contributed by atoms with Crippen LogP contribution in [0.5, 0.6) is 23.0 Å². The molecule has 8 heteroatoms. The van der Waals surface area contributed by atoms with Gasteiger partial charge in [-0.15, -0.1) is 0 Å². The van der Waals surface area contributed by atoms with Gasteiger partial charge in [0.15, 0.2) is 23.0 Å². The van der Waals surface area contributed by atoms with Gasteiger partial charge in [-0.05, 0) is 53.8 Å². The highest BCUT2D eigenvalue weighted by molar-refractivity contribution is 6.46. The number of Topliss-reactive ketones (excluding diaryl/α,β-unsaturated/α-hetero) is 1. The molecule has 1 atom stereocenters. The molecule has 2 aliphatic heterocycles. The van der Waals surface area contributed by atoms with Crippen LogP contribution in [-0.4, -0.2) is 48.6 Å². The van der Waals surface area contributed by atoms with Crippen LogP contribution in [0.4, 0.5) is 0 Å². The van der Waals surface area contributed by atoms with E-state index < -0.39 is 17.7 Å². The summed E-state index contributed by atoms with van der Waals surface area (Å²) in [6, 6.07) is 18.9. The third-order valence-corrected chi connectivity index (χ3v) is 7.01. The van der Waals surface area contributed by atoms with E-state index in [4.69, 9.17) is 18.9 Å². The van der Waals surface area contributed by atoms with Crippen molar-refractivity contribution in [3.63, 3.8) is 0 Å². The Balaban J connectivity index is 1.59. The van der Waals surface area contributed by atoms with Crippen molar-refractivity contribution >= 4 is 17.4 Å². The van der Waals surface area contributed by atoms with E-state index in [1.807, 2.05) is 30.3 Å². The number of hydrogen-bond acceptors (Lipinski definition) is 7. The average molecular weight is 544 g/mol. The summed E-state index contributed by atoms with van der Waals surface area (Å²) < 4.78 is 22.9. The van der Waals surface area contributed by atoms with E-state index in [0.29, 0.717) is 59.9 Å². The van der Waals surface area contributed by atoms with Crippen LogP contribution in [0.25, 0.3) is 5.76 Å². The highest BCUT2D eigenvalue weighted by Crippen LogP contribution is 2.43. The number of benzene rings is 3. The lowest BCUT2D eigenvalue weighted by Crippen LogP contribution is -2.29. The van der Waals surface area contributed by atoms with Crippen LogP contribution in [0.3, 0.4) is 0 Å². The molecular weight excluding hydrogens is 510 g/mol. The molecule has 2 heterocycles. The molecule has 3 aromatic carbocycles. The van der Waals surface area contributed by atoms with Gasteiger partial charge < -0.3 is 29.0 Å². The van der Waals surface area contributed by atoms with Gasteiger partial charge in [0, 0.05) is 12.1 Å². The monoisotopic (exact) mass is 543 g/mol. The topological polar surface area (TPSA) is 94.5 Å². The van der Waals surface area contributed by atoms with Gasteiger partial charge in [0.1, 0.15) is 19.0 Å². The number of ketones is 1. The van der Waals surface area contributed by atoms with Crippen LogP contribution in [0.15, 0.2) is 72.3 Å². The minimum Gasteiger partial charge on any atom is -0.507 e. The number of carbonyl (C=O) groups excluding carboxylic acids is 2. The van der Waals surface area contributed by atoms with Gasteiger partial charge in [-0.2, -0.15) is 0 Å². The number of ether oxygens (including phenoxy) is 4. The second-order valence-corrected chi connectivity index (χ2v) is 10.2. The maximum atomic E-state index is 13.5. The van der Waals surface area contributed by atoms with Crippen molar-refractivity contribution in [1.82, 2.24) is 4.90 Å². The predicted molar refractivity (Wildman–Crippen MR) is 150 cm³/mol. The Labute approximate surface area is 233 Å². The molecule has 1 fully saturated rings. The molecule has 2 aliphatic rings. The SMILES string of the molecule is COc1cc([C@H]2C(=C(O)c3ccc4c(c3)OCCO4)C(=O)C(=O)N2Cc2ccccc2)ccc1OCCC(C)C. The number of aliphatic hydroxyl groups excluding tert-OH is 1. The van der Waals surface area contributed by atoms with Gasteiger partial charge in [0.05, 0.1) is 25.3 Å². The van der Waals surface area contributed by atoms with Gasteiger partial charge >= 0.3 is 0 Å². The summed E-state index contributed by atoms with van der Waals surface area (Å²) >= 11 is 0. The standard InChI is InChI=1S/C32H33NO7/c1-20(2)13-14-38-24-11-9-22(17-26(24)37-3)29-28(30(34)23-10-12-25-27(18-23)40-16-15-39-25)31(35)32(36)33(29)19-21-7-5-4-6-8-21/h4-12,17-18,20,29,34H,13-16,19H2,1-3H3/t29-/m0/s1. The summed E-state index contributed by atoms with van der Waals surface area (Å²) in [5.41, 5.74) is 1.82. The fraction of sp³-hybridized carbons (Fsp3) is 0.312. The zero-order valence-electron chi connectivity index (χ0n) is 22.9. The molecule has 0 bridgehead atoms. The van der Waals surface area contributed by atoms with E-state index in [0.717, 1.165) is 12.0 Å². The van der Waals surface area contributed by atoms with E-state index in [1.54, 1.807) is 43.5 Å². The predicted octanol–water partition coefficient (Wildman–Crippen LogP) is 5.51. The minimum atomic E-state index is -0.855. The van der Waals surface area contributed by atoms with Crippen molar-refractivity contribution in [2.24, 2.45) is 5.92 Å². The first-order valence-corrected chi connectivity index (χ1v) is 13.4. The molecule has 0 aromatic heterocycles. The van der Waals surface area contributed by atoms with Crippen LogP contribution < -0.4 is 18.9 Å². The van der Waals surface area contributed by atoms with E-state index >= 15 is 0 Å². The molecule has 1 saturated heterocycles. The lowest BCUT2D eigenvalue weighted by atomic mass is 9.94. The van der Waals surface area contributed by atoms with E-state index in [9.17, 15) is 14.7 Å². The van der Waals surface area contributed by atoms with Crippen molar-refractivity contribution < 1.29 is 33.6 Å². The Morgan fingerprint density at radius 2 is 1.73 bits per heavy atom. The summed E-state index contributed by atoms with van der Waals surface area (Å²) in [5.74, 6) is 0.825. The zero-order valence-corrected chi connectivity index (χ0v) is 22.9. The highest BCUT2D eigenvalue weighted by atomic mass is 16.6. The third kappa shape index (κ3) is 5.47. The lowest BCUT2D eigenvalue weighted by Gasteiger charge is -2.26. The zero-order chi connectivity index (χ0) is 28.2. The van der Waals surface area contributed by atoms with E-state index in [1.165, 1.54) is 4.90 Å². The fourth-order valence-corrected chi connectivity index (χ4v) is 4.89. The number of hydrogen-bond donors (Lipinski definition) is 1. The van der Waals surface area contributed by atoms with Crippen molar-refractivity contribution in [3.8, 4) is 23.0 Å². The first-order valence-electron chi connectivity index (χ1n) is 13.4. The van der Waals surface area contributed by atoms with Gasteiger partial charge in [0.2, 0.25) is 0 Å². The molecule has 0 aliphatic carbocycles. The summed E-state index contributed by atoms with van der Waals surface area (Å²) in [6.07, 6.45) is 0.887. The second kappa shape index (κ2) is 11.7. The molecule has 40 heavy (non-hydrogen) atoms. The number of aliphatic hydroxyl groups is 1. The third-order valence-electron chi connectivity index (χ3n) is 7.01. The number of carbonyl (C=O) groups is 2. The number of rotatable bonds is 9. The second-order valence-electron chi connectivity index (χ2n) is 10.2. The number of amides is 1. The number of likely N-dealkylation sites (tertiary alicyclic amines) is 1. The molecule has 208 valence electrons. The minimum absolute atomic E-state index is 0.00635. The Morgan fingerprint density at radius 3 is 2.45 bits per heavy atom. The number of methoxy groups -OCH3 is 1. The van der Waals surface area contributed by atoms with Gasteiger partial charge in [0.25, 0.3) is 11.7 Å². The molecular formula is C32H33NO7. The molecule has 0 unspecified atom stereocenters. The van der Waals surface area contributed by atoms with Crippen LogP contribution in [0.2, 0.25) is 0 Å². The van der Waals surface area contributed by atoms with Crippen molar-refractivity contribution in [1.29, 1.82) is 0 Å². The van der Waals surface area contributed by atoms with E-state index in [2.05, 4.69) is 13.8 Å². The first-order chi connectivity index (χ1) is 19.4. The normalized spacial score (nSPS) is 17.8. The largest absolute Gasteiger partial charge is 0.507 e. The summed E-state index contributed by atoms with van der Waals surface area (Å²) in [7, 11) is 1.55. The van der Waals surface area contributed by atoms with Crippen LogP contribution in [0, 0.1) is 5.92 Å². The van der Waals surface area contributed by atoms with Crippen molar-refractivity contribution in [2.75, 3.05) is 26.9 Å². The molecule has 0 radical (unpaired) electrons. The van der Waals surface area contributed by atoms with Gasteiger partial charge in [-0.25, -0.2) is 0 Å². The van der Waals surface area contributed by atoms with Gasteiger partial charge in [-0.3, -0.25) is 9.59 Å². The molecule has 3 aromatic rings. The first kappa shape index (κ1) is 27.1. The molecule has 1 N–H and O–H groups in total. The fourth-order valence-electron chi connectivity index (χ4n) is 4.89. The Kier molecular flexibility index (Phi) is 7.96. The summed E-state index contributed by atoms with van der Waals surface area (Å²) in [6.45, 7) is 5.78. The molecule has 1 amide bonds. The molecule has 0 spiro atoms. The Bertz CT molecular complexity index is 1430. The smallest absolute Gasteiger partial charge is 0.295 e. The summed E-state index contributed by atoms with van der Waals surface area (Å²) in [4.78, 5) is 28.4. The van der Waals surface area contributed by atoms with Gasteiger partial charge in [-0.1, -0.05) is 50.2 Å². The molecule has 8 nitrogen and oxygen atoms in total.